The SMILES string of the molecule is CC(C)c1ccc(NC(=O)Cn2nc(C3CC3)ccc2=O)cc1. The Hall–Kier alpha value is -2.43. The number of hydrogen-bond acceptors (Lipinski definition) is 3. The smallest absolute Gasteiger partial charge is 0.267 e. The van der Waals surface area contributed by atoms with Crippen molar-refractivity contribution in [2.75, 3.05) is 5.32 Å². The molecule has 0 atom stereocenters. The van der Waals surface area contributed by atoms with Gasteiger partial charge in [-0.3, -0.25) is 9.59 Å². The summed E-state index contributed by atoms with van der Waals surface area (Å²) in [6.45, 7) is 4.18. The van der Waals surface area contributed by atoms with Crippen LogP contribution in [-0.4, -0.2) is 15.7 Å². The molecule has 23 heavy (non-hydrogen) atoms. The number of hydrogen-bond donors (Lipinski definition) is 1. The molecule has 0 unspecified atom stereocenters. The molecule has 0 spiro atoms. The molecule has 1 aromatic heterocycles. The van der Waals surface area contributed by atoms with Crippen molar-refractivity contribution in [2.24, 2.45) is 0 Å². The van der Waals surface area contributed by atoms with Gasteiger partial charge in [0.2, 0.25) is 5.91 Å². The lowest BCUT2D eigenvalue weighted by Gasteiger charge is -2.09. The first-order valence-electron chi connectivity index (χ1n) is 8.01. The van der Waals surface area contributed by atoms with Crippen LogP contribution in [-0.2, 0) is 11.3 Å². The summed E-state index contributed by atoms with van der Waals surface area (Å²) in [4.78, 5) is 24.0. The Morgan fingerprint density at radius 3 is 2.52 bits per heavy atom. The number of anilines is 1. The first-order valence-corrected chi connectivity index (χ1v) is 8.01. The fourth-order valence-electron chi connectivity index (χ4n) is 2.46. The Morgan fingerprint density at radius 2 is 1.91 bits per heavy atom. The van der Waals surface area contributed by atoms with E-state index in [1.807, 2.05) is 24.3 Å². The topological polar surface area (TPSA) is 64.0 Å². The zero-order valence-corrected chi connectivity index (χ0v) is 13.5. The molecule has 1 aliphatic carbocycles. The molecule has 1 amide bonds. The van der Waals surface area contributed by atoms with Gasteiger partial charge in [0.25, 0.3) is 5.56 Å². The Balaban J connectivity index is 1.67. The van der Waals surface area contributed by atoms with Gasteiger partial charge in [0.15, 0.2) is 0 Å². The molecule has 2 aromatic rings. The minimum Gasteiger partial charge on any atom is -0.324 e. The maximum atomic E-state index is 12.1. The minimum atomic E-state index is -0.250. The molecule has 0 radical (unpaired) electrons. The van der Waals surface area contributed by atoms with E-state index in [2.05, 4.69) is 24.3 Å². The second-order valence-corrected chi connectivity index (χ2v) is 6.35. The van der Waals surface area contributed by atoms with Crippen molar-refractivity contribution in [1.29, 1.82) is 0 Å². The number of aromatic nitrogens is 2. The molecule has 1 N–H and O–H groups in total. The van der Waals surface area contributed by atoms with E-state index in [1.165, 1.54) is 16.3 Å². The number of nitrogens with zero attached hydrogens (tertiary/aromatic N) is 2. The van der Waals surface area contributed by atoms with Gasteiger partial charge in [0, 0.05) is 17.7 Å². The molecular formula is C18H21N3O2. The number of nitrogens with one attached hydrogen (secondary N) is 1. The van der Waals surface area contributed by atoms with Crippen molar-refractivity contribution < 1.29 is 4.79 Å². The van der Waals surface area contributed by atoms with Crippen molar-refractivity contribution in [1.82, 2.24) is 9.78 Å². The number of rotatable bonds is 5. The summed E-state index contributed by atoms with van der Waals surface area (Å²) in [7, 11) is 0. The van der Waals surface area contributed by atoms with Gasteiger partial charge in [-0.25, -0.2) is 4.68 Å². The van der Waals surface area contributed by atoms with E-state index < -0.39 is 0 Å². The predicted octanol–water partition coefficient (Wildman–Crippen LogP) is 2.88. The van der Waals surface area contributed by atoms with Crippen LogP contribution in [0.15, 0.2) is 41.2 Å². The quantitative estimate of drug-likeness (QED) is 0.923. The molecule has 0 aliphatic heterocycles. The molecule has 120 valence electrons. The van der Waals surface area contributed by atoms with Crippen LogP contribution in [0, 0.1) is 0 Å². The molecule has 1 aromatic carbocycles. The molecule has 1 saturated carbocycles. The Bertz CT molecular complexity index is 759. The van der Waals surface area contributed by atoms with Crippen molar-refractivity contribution in [3.63, 3.8) is 0 Å². The highest BCUT2D eigenvalue weighted by Crippen LogP contribution is 2.38. The first-order chi connectivity index (χ1) is 11.0. The largest absolute Gasteiger partial charge is 0.324 e. The van der Waals surface area contributed by atoms with E-state index in [-0.39, 0.29) is 18.0 Å². The fraction of sp³-hybridized carbons (Fsp3) is 0.389. The van der Waals surface area contributed by atoms with Gasteiger partial charge in [0.1, 0.15) is 6.54 Å². The van der Waals surface area contributed by atoms with Crippen molar-refractivity contribution >= 4 is 11.6 Å². The lowest BCUT2D eigenvalue weighted by atomic mass is 10.0. The highest BCUT2D eigenvalue weighted by molar-refractivity contribution is 5.90. The molecule has 5 heteroatoms. The molecule has 3 rings (SSSR count). The molecule has 1 aliphatic rings. The number of benzene rings is 1. The highest BCUT2D eigenvalue weighted by Gasteiger charge is 2.25. The van der Waals surface area contributed by atoms with Gasteiger partial charge in [-0.2, -0.15) is 5.10 Å². The van der Waals surface area contributed by atoms with E-state index in [0.717, 1.165) is 24.2 Å². The number of carbonyl (C=O) groups excluding carboxylic acids is 1. The third-order valence-corrected chi connectivity index (χ3v) is 4.04. The van der Waals surface area contributed by atoms with Gasteiger partial charge < -0.3 is 5.32 Å². The summed E-state index contributed by atoms with van der Waals surface area (Å²) >= 11 is 0. The van der Waals surface area contributed by atoms with Gasteiger partial charge >= 0.3 is 0 Å². The molecule has 0 bridgehead atoms. The van der Waals surface area contributed by atoms with E-state index in [9.17, 15) is 9.59 Å². The summed E-state index contributed by atoms with van der Waals surface area (Å²) < 4.78 is 1.24. The zero-order chi connectivity index (χ0) is 16.4. The third kappa shape index (κ3) is 3.86. The summed E-state index contributed by atoms with van der Waals surface area (Å²) in [6, 6.07) is 11.0. The van der Waals surface area contributed by atoms with Crippen LogP contribution in [0.25, 0.3) is 0 Å². The van der Waals surface area contributed by atoms with Crippen LogP contribution in [0.3, 0.4) is 0 Å². The van der Waals surface area contributed by atoms with Crippen LogP contribution in [0.4, 0.5) is 5.69 Å². The van der Waals surface area contributed by atoms with Crippen LogP contribution in [0.5, 0.6) is 0 Å². The minimum absolute atomic E-state index is 0.0642. The van der Waals surface area contributed by atoms with Gasteiger partial charge in [-0.15, -0.1) is 0 Å². The van der Waals surface area contributed by atoms with Crippen LogP contribution >= 0.6 is 0 Å². The lowest BCUT2D eigenvalue weighted by molar-refractivity contribution is -0.117. The highest BCUT2D eigenvalue weighted by atomic mass is 16.2. The summed E-state index contributed by atoms with van der Waals surface area (Å²) in [5.74, 6) is 0.658. The van der Waals surface area contributed by atoms with Crippen molar-refractivity contribution in [3.05, 3.63) is 58.0 Å². The second-order valence-electron chi connectivity index (χ2n) is 6.35. The molecule has 1 heterocycles. The monoisotopic (exact) mass is 311 g/mol. The molecule has 0 saturated heterocycles. The maximum Gasteiger partial charge on any atom is 0.267 e. The van der Waals surface area contributed by atoms with Crippen LogP contribution in [0.2, 0.25) is 0 Å². The summed E-state index contributed by atoms with van der Waals surface area (Å²) in [5, 5.41) is 7.11. The molecule has 1 fully saturated rings. The Morgan fingerprint density at radius 1 is 1.22 bits per heavy atom. The van der Waals surface area contributed by atoms with Gasteiger partial charge in [0.05, 0.1) is 5.69 Å². The van der Waals surface area contributed by atoms with Crippen LogP contribution in [0.1, 0.15) is 49.8 Å². The summed E-state index contributed by atoms with van der Waals surface area (Å²) in [6.07, 6.45) is 2.22. The fourth-order valence-corrected chi connectivity index (χ4v) is 2.46. The molecular weight excluding hydrogens is 290 g/mol. The lowest BCUT2D eigenvalue weighted by Crippen LogP contribution is -2.29. The number of amides is 1. The zero-order valence-electron chi connectivity index (χ0n) is 13.5. The second kappa shape index (κ2) is 6.36. The third-order valence-electron chi connectivity index (χ3n) is 4.04. The summed E-state index contributed by atoms with van der Waals surface area (Å²) in [5.41, 5.74) is 2.60. The normalized spacial score (nSPS) is 14.0. The van der Waals surface area contributed by atoms with Gasteiger partial charge in [-0.1, -0.05) is 26.0 Å². The maximum absolute atomic E-state index is 12.1. The first kappa shape index (κ1) is 15.5. The molecule has 5 nitrogen and oxygen atoms in total. The van der Waals surface area contributed by atoms with Crippen molar-refractivity contribution in [3.8, 4) is 0 Å². The van der Waals surface area contributed by atoms with E-state index >= 15 is 0 Å². The van der Waals surface area contributed by atoms with Gasteiger partial charge in [-0.05, 0) is 42.5 Å². The van der Waals surface area contributed by atoms with E-state index in [4.69, 9.17) is 0 Å². The van der Waals surface area contributed by atoms with Crippen molar-refractivity contribution in [2.45, 2.75) is 45.1 Å². The van der Waals surface area contributed by atoms with Crippen LogP contribution < -0.4 is 10.9 Å². The average Bonchev–Trinajstić information content (AvgIpc) is 3.35. The Kier molecular flexibility index (Phi) is 4.28. The van der Waals surface area contributed by atoms with E-state index in [0.29, 0.717) is 11.8 Å². The van der Waals surface area contributed by atoms with E-state index in [1.54, 1.807) is 6.07 Å². The standard InChI is InChI=1S/C18H21N3O2/c1-12(2)13-5-7-15(8-6-13)19-17(22)11-21-18(23)10-9-16(20-21)14-3-4-14/h5-10,12,14H,3-4,11H2,1-2H3,(H,19,22). The average molecular weight is 311 g/mol. The Labute approximate surface area is 135 Å². The number of carbonyl (C=O) groups is 1. The predicted molar refractivity (Wildman–Crippen MR) is 89.6 cm³/mol.